The van der Waals surface area contributed by atoms with Crippen LogP contribution in [0.25, 0.3) is 10.9 Å². The van der Waals surface area contributed by atoms with Crippen molar-refractivity contribution in [2.24, 2.45) is 0 Å². The summed E-state index contributed by atoms with van der Waals surface area (Å²) in [6.45, 7) is 6.48. The van der Waals surface area contributed by atoms with E-state index in [4.69, 9.17) is 0 Å². The molecule has 0 aliphatic heterocycles. The Labute approximate surface area is 123 Å². The van der Waals surface area contributed by atoms with Crippen LogP contribution < -0.4 is 5.32 Å². The summed E-state index contributed by atoms with van der Waals surface area (Å²) in [6.07, 6.45) is 1.85. The molecular formula is C17H18N2S. The normalized spacial score (nSPS) is 12.6. The summed E-state index contributed by atoms with van der Waals surface area (Å²) >= 11 is 1.81. The van der Waals surface area contributed by atoms with Crippen molar-refractivity contribution in [1.82, 2.24) is 4.98 Å². The zero-order valence-electron chi connectivity index (χ0n) is 12.0. The van der Waals surface area contributed by atoms with Gasteiger partial charge in [0.05, 0.1) is 11.6 Å². The number of pyridine rings is 1. The number of fused-ring (bicyclic) bond motifs is 1. The second-order valence-corrected chi connectivity index (χ2v) is 6.11. The number of hydrogen-bond donors (Lipinski definition) is 1. The zero-order valence-corrected chi connectivity index (χ0v) is 12.8. The molecule has 1 aromatic carbocycles. The number of aryl methyl sites for hydroxylation is 2. The van der Waals surface area contributed by atoms with Crippen LogP contribution in [0.5, 0.6) is 0 Å². The van der Waals surface area contributed by atoms with Gasteiger partial charge in [-0.1, -0.05) is 6.07 Å². The van der Waals surface area contributed by atoms with E-state index in [-0.39, 0.29) is 0 Å². The maximum atomic E-state index is 4.49. The van der Waals surface area contributed by atoms with E-state index in [1.54, 1.807) is 0 Å². The summed E-state index contributed by atoms with van der Waals surface area (Å²) in [6, 6.07) is 10.9. The monoisotopic (exact) mass is 282 g/mol. The molecule has 3 heteroatoms. The van der Waals surface area contributed by atoms with E-state index in [1.807, 2.05) is 23.6 Å². The first-order valence-electron chi connectivity index (χ1n) is 6.81. The number of hydrogen-bond acceptors (Lipinski definition) is 3. The molecule has 0 aliphatic carbocycles. The number of nitrogens with zero attached hydrogens (tertiary/aromatic N) is 1. The van der Waals surface area contributed by atoms with Crippen LogP contribution in [-0.4, -0.2) is 4.98 Å². The number of nitrogens with one attached hydrogen (secondary N) is 1. The molecule has 0 bridgehead atoms. The molecule has 0 radical (unpaired) electrons. The molecule has 1 unspecified atom stereocenters. The molecule has 2 heterocycles. The molecule has 0 saturated carbocycles. The van der Waals surface area contributed by atoms with Crippen LogP contribution in [0.2, 0.25) is 0 Å². The second kappa shape index (κ2) is 5.25. The fourth-order valence-corrected chi connectivity index (χ4v) is 3.50. The Morgan fingerprint density at radius 2 is 1.95 bits per heavy atom. The van der Waals surface area contributed by atoms with E-state index in [0.717, 1.165) is 11.2 Å². The summed E-state index contributed by atoms with van der Waals surface area (Å²) in [5, 5.41) is 6.96. The van der Waals surface area contributed by atoms with E-state index in [1.165, 1.54) is 21.4 Å². The quantitative estimate of drug-likeness (QED) is 0.724. The maximum absolute atomic E-state index is 4.49. The Morgan fingerprint density at radius 1 is 1.10 bits per heavy atom. The molecule has 102 valence electrons. The van der Waals surface area contributed by atoms with E-state index in [9.17, 15) is 0 Å². The summed E-state index contributed by atoms with van der Waals surface area (Å²) in [5.41, 5.74) is 4.79. The molecule has 20 heavy (non-hydrogen) atoms. The summed E-state index contributed by atoms with van der Waals surface area (Å²) < 4.78 is 0. The Morgan fingerprint density at radius 3 is 2.70 bits per heavy atom. The fraction of sp³-hybridized carbons (Fsp3) is 0.235. The minimum atomic E-state index is 0.307. The Bertz CT molecular complexity index is 746. The lowest BCUT2D eigenvalue weighted by molar-refractivity contribution is 0.901. The molecule has 0 saturated heterocycles. The van der Waals surface area contributed by atoms with Crippen molar-refractivity contribution in [3.05, 3.63) is 57.9 Å². The van der Waals surface area contributed by atoms with E-state index < -0.39 is 0 Å². The highest BCUT2D eigenvalue weighted by Crippen LogP contribution is 2.30. The summed E-state index contributed by atoms with van der Waals surface area (Å²) in [7, 11) is 0. The topological polar surface area (TPSA) is 24.9 Å². The highest BCUT2D eigenvalue weighted by molar-refractivity contribution is 7.10. The van der Waals surface area contributed by atoms with Gasteiger partial charge in [0.25, 0.3) is 0 Å². The molecule has 2 nitrogen and oxygen atoms in total. The smallest absolute Gasteiger partial charge is 0.0751 e. The Kier molecular flexibility index (Phi) is 3.45. The third-order valence-electron chi connectivity index (χ3n) is 3.64. The van der Waals surface area contributed by atoms with Gasteiger partial charge in [-0.25, -0.2) is 0 Å². The van der Waals surface area contributed by atoms with Gasteiger partial charge in [0.1, 0.15) is 0 Å². The van der Waals surface area contributed by atoms with Gasteiger partial charge in [-0.3, -0.25) is 4.98 Å². The average molecular weight is 282 g/mol. The molecule has 0 fully saturated rings. The molecule has 3 rings (SSSR count). The van der Waals surface area contributed by atoms with Crippen molar-refractivity contribution >= 4 is 27.9 Å². The van der Waals surface area contributed by atoms with Crippen LogP contribution in [0.3, 0.4) is 0 Å². The van der Waals surface area contributed by atoms with Crippen LogP contribution >= 0.6 is 11.3 Å². The predicted molar refractivity (Wildman–Crippen MR) is 87.6 cm³/mol. The fourth-order valence-electron chi connectivity index (χ4n) is 2.57. The van der Waals surface area contributed by atoms with Gasteiger partial charge in [-0.05, 0) is 61.5 Å². The first kappa shape index (κ1) is 13.1. The van der Waals surface area contributed by atoms with Crippen LogP contribution in [0.15, 0.2) is 41.9 Å². The van der Waals surface area contributed by atoms with Crippen molar-refractivity contribution in [2.75, 3.05) is 5.32 Å². The van der Waals surface area contributed by atoms with Crippen molar-refractivity contribution in [3.63, 3.8) is 0 Å². The SMILES string of the molecule is Cc1ccsc1C(C)Nc1ccc(C)c2ncccc12. The molecule has 1 N–H and O–H groups in total. The van der Waals surface area contributed by atoms with E-state index in [2.05, 4.69) is 60.7 Å². The first-order chi connectivity index (χ1) is 9.66. The second-order valence-electron chi connectivity index (χ2n) is 5.16. The zero-order chi connectivity index (χ0) is 14.1. The molecule has 2 aromatic heterocycles. The molecule has 3 aromatic rings. The first-order valence-corrected chi connectivity index (χ1v) is 7.69. The maximum Gasteiger partial charge on any atom is 0.0751 e. The van der Waals surface area contributed by atoms with Gasteiger partial charge in [0.2, 0.25) is 0 Å². The number of anilines is 1. The van der Waals surface area contributed by atoms with Gasteiger partial charge in [-0.15, -0.1) is 11.3 Å². The highest BCUT2D eigenvalue weighted by Gasteiger charge is 2.12. The van der Waals surface area contributed by atoms with Crippen molar-refractivity contribution < 1.29 is 0 Å². The van der Waals surface area contributed by atoms with Gasteiger partial charge in [0, 0.05) is 22.1 Å². The third kappa shape index (κ3) is 2.29. The minimum absolute atomic E-state index is 0.307. The van der Waals surface area contributed by atoms with Gasteiger partial charge < -0.3 is 5.32 Å². The van der Waals surface area contributed by atoms with Crippen molar-refractivity contribution in [3.8, 4) is 0 Å². The lowest BCUT2D eigenvalue weighted by Gasteiger charge is -2.17. The molecule has 0 aliphatic rings. The summed E-state index contributed by atoms with van der Waals surface area (Å²) in [5.74, 6) is 0. The third-order valence-corrected chi connectivity index (χ3v) is 4.84. The Hall–Kier alpha value is -1.87. The molecule has 0 amide bonds. The van der Waals surface area contributed by atoms with Crippen LogP contribution in [0.4, 0.5) is 5.69 Å². The predicted octanol–water partition coefficient (Wildman–Crippen LogP) is 5.09. The van der Waals surface area contributed by atoms with Gasteiger partial charge in [0.15, 0.2) is 0 Å². The average Bonchev–Trinajstić information content (AvgIpc) is 2.88. The van der Waals surface area contributed by atoms with Gasteiger partial charge in [-0.2, -0.15) is 0 Å². The number of thiophene rings is 1. The van der Waals surface area contributed by atoms with Crippen molar-refractivity contribution in [1.29, 1.82) is 0 Å². The van der Waals surface area contributed by atoms with Crippen LogP contribution in [-0.2, 0) is 0 Å². The number of rotatable bonds is 3. The van der Waals surface area contributed by atoms with Crippen LogP contribution in [0.1, 0.15) is 29.0 Å². The van der Waals surface area contributed by atoms with E-state index in [0.29, 0.717) is 6.04 Å². The lowest BCUT2D eigenvalue weighted by atomic mass is 10.1. The standard InChI is InChI=1S/C17H18N2S/c1-11-6-7-15(14-5-4-9-18-16(11)14)19-13(3)17-12(2)8-10-20-17/h4-10,13,19H,1-3H3. The summed E-state index contributed by atoms with van der Waals surface area (Å²) in [4.78, 5) is 5.88. The van der Waals surface area contributed by atoms with Crippen molar-refractivity contribution in [2.45, 2.75) is 26.8 Å². The largest absolute Gasteiger partial charge is 0.377 e. The van der Waals surface area contributed by atoms with E-state index >= 15 is 0 Å². The minimum Gasteiger partial charge on any atom is -0.377 e. The molecule has 1 atom stereocenters. The highest BCUT2D eigenvalue weighted by atomic mass is 32.1. The number of aromatic nitrogens is 1. The molecular weight excluding hydrogens is 264 g/mol. The Balaban J connectivity index is 1.99. The van der Waals surface area contributed by atoms with Crippen LogP contribution in [0, 0.1) is 13.8 Å². The number of benzene rings is 1. The lowest BCUT2D eigenvalue weighted by Crippen LogP contribution is -2.06. The molecule has 0 spiro atoms. The van der Waals surface area contributed by atoms with Gasteiger partial charge >= 0.3 is 0 Å².